The van der Waals surface area contributed by atoms with Crippen molar-refractivity contribution in [2.45, 2.75) is 20.3 Å². The molecule has 4 nitrogen and oxygen atoms in total. The number of carbonyl (C=O) groups excluding carboxylic acids is 1. The fourth-order valence-corrected chi connectivity index (χ4v) is 2.29. The lowest BCUT2D eigenvalue weighted by Crippen LogP contribution is -2.30. The Bertz CT molecular complexity index is 557. The normalized spacial score (nSPS) is 18.9. The van der Waals surface area contributed by atoms with Crippen molar-refractivity contribution in [3.63, 3.8) is 0 Å². The van der Waals surface area contributed by atoms with Crippen molar-refractivity contribution in [3.8, 4) is 0 Å². The molecule has 1 aromatic rings. The molecule has 1 aliphatic rings. The van der Waals surface area contributed by atoms with Gasteiger partial charge >= 0.3 is 0 Å². The van der Waals surface area contributed by atoms with Gasteiger partial charge in [0, 0.05) is 6.07 Å². The number of benzene rings is 1. The molecule has 1 atom stereocenters. The maximum Gasteiger partial charge on any atom is 0.256 e. The average Bonchev–Trinajstić information content (AvgIpc) is 2.68. The highest BCUT2D eigenvalue weighted by molar-refractivity contribution is 6.16. The lowest BCUT2D eigenvalue weighted by atomic mass is 9.92. The maximum atomic E-state index is 13.8. The fraction of sp³-hybridized carbons (Fsp3) is 0.429. The lowest BCUT2D eigenvalue weighted by molar-refractivity contribution is -0.119. The third kappa shape index (κ3) is 2.56. The molecule has 0 aromatic heterocycles. The van der Waals surface area contributed by atoms with E-state index in [0.29, 0.717) is 18.7 Å². The highest BCUT2D eigenvalue weighted by Crippen LogP contribution is 2.30. The molecule has 1 aliphatic heterocycles. The predicted molar refractivity (Wildman–Crippen MR) is 73.3 cm³/mol. The van der Waals surface area contributed by atoms with Crippen molar-refractivity contribution in [1.29, 1.82) is 0 Å². The van der Waals surface area contributed by atoms with Crippen molar-refractivity contribution in [2.24, 2.45) is 22.7 Å². The SMILES string of the molecule is CC(C)C1=NN(c2ccc(F)cc2F)C(=O)C1CCN. The molecule has 0 saturated heterocycles. The minimum Gasteiger partial charge on any atom is -0.330 e. The number of anilines is 1. The van der Waals surface area contributed by atoms with Crippen LogP contribution in [0.1, 0.15) is 20.3 Å². The smallest absolute Gasteiger partial charge is 0.256 e. The first-order valence-corrected chi connectivity index (χ1v) is 6.53. The average molecular weight is 281 g/mol. The van der Waals surface area contributed by atoms with Gasteiger partial charge in [0.1, 0.15) is 11.5 Å². The van der Waals surface area contributed by atoms with Crippen LogP contribution in [0.2, 0.25) is 0 Å². The molecule has 1 unspecified atom stereocenters. The van der Waals surface area contributed by atoms with E-state index >= 15 is 0 Å². The molecule has 0 bridgehead atoms. The zero-order chi connectivity index (χ0) is 14.9. The second-order valence-electron chi connectivity index (χ2n) is 5.06. The van der Waals surface area contributed by atoms with Crippen LogP contribution in [0.4, 0.5) is 14.5 Å². The molecule has 1 heterocycles. The van der Waals surface area contributed by atoms with Crippen molar-refractivity contribution in [1.82, 2.24) is 0 Å². The van der Waals surface area contributed by atoms with Crippen LogP contribution >= 0.6 is 0 Å². The summed E-state index contributed by atoms with van der Waals surface area (Å²) >= 11 is 0. The van der Waals surface area contributed by atoms with E-state index in [1.165, 1.54) is 6.07 Å². The van der Waals surface area contributed by atoms with Crippen LogP contribution in [0, 0.1) is 23.5 Å². The molecule has 6 heteroatoms. The van der Waals surface area contributed by atoms with Crippen LogP contribution in [0.25, 0.3) is 0 Å². The largest absolute Gasteiger partial charge is 0.330 e. The molecular formula is C14H17F2N3O. The number of nitrogens with two attached hydrogens (primary N) is 1. The summed E-state index contributed by atoms with van der Waals surface area (Å²) in [5, 5.41) is 5.23. The van der Waals surface area contributed by atoms with E-state index in [9.17, 15) is 13.6 Å². The summed E-state index contributed by atoms with van der Waals surface area (Å²) in [6.45, 7) is 4.18. The first kappa shape index (κ1) is 14.6. The van der Waals surface area contributed by atoms with Crippen molar-refractivity contribution in [3.05, 3.63) is 29.8 Å². The number of hydrogen-bond acceptors (Lipinski definition) is 3. The van der Waals surface area contributed by atoms with Gasteiger partial charge in [-0.25, -0.2) is 8.78 Å². The Morgan fingerprint density at radius 2 is 2.10 bits per heavy atom. The quantitative estimate of drug-likeness (QED) is 0.920. The standard InChI is InChI=1S/C14H17F2N3O/c1-8(2)13-10(5-6-17)14(20)19(18-13)12-4-3-9(15)7-11(12)16/h3-4,7-8,10H,5-6,17H2,1-2H3. The summed E-state index contributed by atoms with van der Waals surface area (Å²) in [6, 6.07) is 3.06. The molecule has 0 saturated carbocycles. The van der Waals surface area contributed by atoms with Crippen LogP contribution in [-0.2, 0) is 4.79 Å². The Hall–Kier alpha value is -1.82. The van der Waals surface area contributed by atoms with Gasteiger partial charge in [-0.1, -0.05) is 13.8 Å². The van der Waals surface area contributed by atoms with E-state index in [2.05, 4.69) is 5.10 Å². The maximum absolute atomic E-state index is 13.8. The molecule has 1 aromatic carbocycles. The van der Waals surface area contributed by atoms with Crippen LogP contribution in [-0.4, -0.2) is 18.2 Å². The molecule has 1 amide bonds. The van der Waals surface area contributed by atoms with Crippen molar-refractivity contribution < 1.29 is 13.6 Å². The molecule has 2 N–H and O–H groups in total. The third-order valence-electron chi connectivity index (χ3n) is 3.26. The van der Waals surface area contributed by atoms with E-state index in [4.69, 9.17) is 5.73 Å². The zero-order valence-electron chi connectivity index (χ0n) is 11.4. The van der Waals surface area contributed by atoms with Gasteiger partial charge in [-0.05, 0) is 31.0 Å². The van der Waals surface area contributed by atoms with Gasteiger partial charge in [0.05, 0.1) is 11.6 Å². The Kier molecular flexibility index (Phi) is 4.13. The molecular weight excluding hydrogens is 264 g/mol. The minimum absolute atomic E-state index is 0.0333. The first-order chi connectivity index (χ1) is 9.45. The molecule has 20 heavy (non-hydrogen) atoms. The number of halogens is 2. The zero-order valence-corrected chi connectivity index (χ0v) is 11.4. The van der Waals surface area contributed by atoms with Crippen molar-refractivity contribution >= 4 is 17.3 Å². The Morgan fingerprint density at radius 3 is 2.65 bits per heavy atom. The van der Waals surface area contributed by atoms with Gasteiger partial charge in [0.2, 0.25) is 0 Å². The van der Waals surface area contributed by atoms with Gasteiger partial charge in [-0.2, -0.15) is 10.1 Å². The molecule has 2 rings (SSSR count). The summed E-state index contributed by atoms with van der Waals surface area (Å²) in [6.07, 6.45) is 0.467. The number of amides is 1. The van der Waals surface area contributed by atoms with Gasteiger partial charge < -0.3 is 5.73 Å². The summed E-state index contributed by atoms with van der Waals surface area (Å²) in [5.41, 5.74) is 6.17. The number of nitrogens with zero attached hydrogens (tertiary/aromatic N) is 2. The topological polar surface area (TPSA) is 58.7 Å². The Balaban J connectivity index is 2.40. The summed E-state index contributed by atoms with van der Waals surface area (Å²) in [4.78, 5) is 12.3. The van der Waals surface area contributed by atoms with Crippen LogP contribution < -0.4 is 10.7 Å². The van der Waals surface area contributed by atoms with Crippen LogP contribution in [0.3, 0.4) is 0 Å². The number of hydrazone groups is 1. The highest BCUT2D eigenvalue weighted by atomic mass is 19.1. The fourth-order valence-electron chi connectivity index (χ4n) is 2.29. The summed E-state index contributed by atoms with van der Waals surface area (Å²) in [7, 11) is 0. The lowest BCUT2D eigenvalue weighted by Gasteiger charge is -2.15. The molecule has 0 fully saturated rings. The van der Waals surface area contributed by atoms with Gasteiger partial charge in [0.15, 0.2) is 5.82 Å². The van der Waals surface area contributed by atoms with Crippen molar-refractivity contribution in [2.75, 3.05) is 11.6 Å². The summed E-state index contributed by atoms with van der Waals surface area (Å²) < 4.78 is 26.7. The van der Waals surface area contributed by atoms with Gasteiger partial charge in [-0.15, -0.1) is 0 Å². The van der Waals surface area contributed by atoms with Gasteiger partial charge in [-0.3, -0.25) is 4.79 Å². The minimum atomic E-state index is -0.807. The van der Waals surface area contributed by atoms with E-state index < -0.39 is 17.6 Å². The predicted octanol–water partition coefficient (Wildman–Crippen LogP) is 2.29. The van der Waals surface area contributed by atoms with E-state index in [1.807, 2.05) is 13.8 Å². The first-order valence-electron chi connectivity index (χ1n) is 6.53. The number of hydrogen-bond donors (Lipinski definition) is 1. The summed E-state index contributed by atoms with van der Waals surface area (Å²) in [5.74, 6) is -2.18. The molecule has 0 spiro atoms. The second-order valence-corrected chi connectivity index (χ2v) is 5.06. The molecule has 108 valence electrons. The third-order valence-corrected chi connectivity index (χ3v) is 3.26. The van der Waals surface area contributed by atoms with Crippen LogP contribution in [0.5, 0.6) is 0 Å². The molecule has 0 aliphatic carbocycles. The number of carbonyl (C=O) groups is 1. The Morgan fingerprint density at radius 1 is 1.40 bits per heavy atom. The van der Waals surface area contributed by atoms with E-state index in [0.717, 1.165) is 17.1 Å². The Labute approximate surface area is 116 Å². The highest BCUT2D eigenvalue weighted by Gasteiger charge is 2.38. The number of rotatable bonds is 4. The van der Waals surface area contributed by atoms with E-state index in [1.54, 1.807) is 0 Å². The van der Waals surface area contributed by atoms with Gasteiger partial charge in [0.25, 0.3) is 5.91 Å². The van der Waals surface area contributed by atoms with Crippen LogP contribution in [0.15, 0.2) is 23.3 Å². The van der Waals surface area contributed by atoms with E-state index in [-0.39, 0.29) is 17.5 Å². The molecule has 0 radical (unpaired) electrons. The monoisotopic (exact) mass is 281 g/mol. The second kappa shape index (κ2) is 5.66.